The van der Waals surface area contributed by atoms with Gasteiger partial charge >= 0.3 is 0 Å². The van der Waals surface area contributed by atoms with Crippen LogP contribution < -0.4 is 15.4 Å². The van der Waals surface area contributed by atoms with Crippen LogP contribution >= 0.6 is 0 Å². The van der Waals surface area contributed by atoms with E-state index in [1.165, 1.54) is 19.1 Å². The van der Waals surface area contributed by atoms with E-state index in [1.807, 2.05) is 0 Å². The molecule has 0 saturated heterocycles. The van der Waals surface area contributed by atoms with Gasteiger partial charge in [-0.05, 0) is 36.8 Å². The van der Waals surface area contributed by atoms with E-state index in [0.29, 0.717) is 11.4 Å². The normalized spacial score (nSPS) is 19.3. The minimum absolute atomic E-state index is 0.174. The Labute approximate surface area is 132 Å². The third-order valence-electron chi connectivity index (χ3n) is 3.68. The average molecular weight is 314 g/mol. The zero-order valence-electron chi connectivity index (χ0n) is 12.4. The molecule has 2 N–H and O–H groups in total. The van der Waals surface area contributed by atoms with E-state index in [2.05, 4.69) is 10.6 Å². The summed E-state index contributed by atoms with van der Waals surface area (Å²) in [7, 11) is 0. The molecule has 3 rings (SSSR count). The number of carbonyl (C=O) groups excluding carboxylic acids is 2. The summed E-state index contributed by atoms with van der Waals surface area (Å²) in [6.45, 7) is 1.59. The van der Waals surface area contributed by atoms with E-state index in [9.17, 15) is 14.0 Å². The number of rotatable bonds is 3. The summed E-state index contributed by atoms with van der Waals surface area (Å²) in [5, 5.41) is 5.31. The largest absolute Gasteiger partial charge is 0.466 e. The molecule has 5 nitrogen and oxygen atoms in total. The molecule has 6 heteroatoms. The highest BCUT2D eigenvalue weighted by Crippen LogP contribution is 2.33. The maximum Gasteiger partial charge on any atom is 0.278 e. The third-order valence-corrected chi connectivity index (χ3v) is 3.68. The Morgan fingerprint density at radius 2 is 1.91 bits per heavy atom. The fourth-order valence-electron chi connectivity index (χ4n) is 2.27. The van der Waals surface area contributed by atoms with Gasteiger partial charge in [-0.2, -0.15) is 0 Å². The molecule has 2 aromatic carbocycles. The molecule has 0 saturated carbocycles. The van der Waals surface area contributed by atoms with Gasteiger partial charge in [0, 0.05) is 6.54 Å². The first-order chi connectivity index (χ1) is 11.0. The van der Waals surface area contributed by atoms with Crippen LogP contribution in [0.1, 0.15) is 12.5 Å². The van der Waals surface area contributed by atoms with Crippen LogP contribution in [-0.2, 0) is 16.1 Å². The summed E-state index contributed by atoms with van der Waals surface area (Å²) < 4.78 is 18.5. The van der Waals surface area contributed by atoms with Crippen LogP contribution in [0, 0.1) is 5.82 Å². The summed E-state index contributed by atoms with van der Waals surface area (Å²) in [5.41, 5.74) is -0.407. The number of nitrogens with one attached hydrogen (secondary N) is 2. The molecule has 118 valence electrons. The Morgan fingerprint density at radius 1 is 1.22 bits per heavy atom. The summed E-state index contributed by atoms with van der Waals surface area (Å²) >= 11 is 0. The standard InChI is InChI=1S/C17H15FN2O3/c1-17(15(21)19-10-11-6-8-12(18)9-7-11)16(22)20-13-4-2-3-5-14(13)23-17/h2-9H,10H2,1H3,(H,19,21)(H,20,22)/t17-/m0/s1. The van der Waals surface area contributed by atoms with Gasteiger partial charge in [-0.3, -0.25) is 9.59 Å². The number of hydrogen-bond acceptors (Lipinski definition) is 3. The lowest BCUT2D eigenvalue weighted by molar-refractivity contribution is -0.146. The second-order valence-electron chi connectivity index (χ2n) is 5.39. The van der Waals surface area contributed by atoms with E-state index in [-0.39, 0.29) is 12.4 Å². The lowest BCUT2D eigenvalue weighted by Gasteiger charge is -2.33. The van der Waals surface area contributed by atoms with Gasteiger partial charge in [0.15, 0.2) is 0 Å². The van der Waals surface area contributed by atoms with Crippen molar-refractivity contribution in [2.24, 2.45) is 0 Å². The Hall–Kier alpha value is -2.89. The first-order valence-electron chi connectivity index (χ1n) is 7.11. The van der Waals surface area contributed by atoms with E-state index >= 15 is 0 Å². The molecule has 2 aromatic rings. The lowest BCUT2D eigenvalue weighted by atomic mass is 10.0. The van der Waals surface area contributed by atoms with Crippen molar-refractivity contribution in [3.63, 3.8) is 0 Å². The van der Waals surface area contributed by atoms with Crippen molar-refractivity contribution in [3.05, 3.63) is 59.9 Å². The number of hydrogen-bond donors (Lipinski definition) is 2. The van der Waals surface area contributed by atoms with Gasteiger partial charge < -0.3 is 15.4 Å². The first-order valence-corrected chi connectivity index (χ1v) is 7.11. The van der Waals surface area contributed by atoms with E-state index in [0.717, 1.165) is 5.56 Å². The molecule has 0 unspecified atom stereocenters. The molecule has 0 aromatic heterocycles. The molecule has 1 aliphatic heterocycles. The predicted molar refractivity (Wildman–Crippen MR) is 82.4 cm³/mol. The van der Waals surface area contributed by atoms with Gasteiger partial charge in [0.25, 0.3) is 17.4 Å². The second-order valence-corrected chi connectivity index (χ2v) is 5.39. The maximum atomic E-state index is 12.9. The number of benzene rings is 2. The molecular formula is C17H15FN2O3. The monoisotopic (exact) mass is 314 g/mol. The van der Waals surface area contributed by atoms with Crippen LogP contribution in [0.4, 0.5) is 10.1 Å². The molecule has 1 heterocycles. The fourth-order valence-corrected chi connectivity index (χ4v) is 2.27. The van der Waals surface area contributed by atoms with Crippen molar-refractivity contribution in [1.29, 1.82) is 0 Å². The van der Waals surface area contributed by atoms with Gasteiger partial charge in [-0.15, -0.1) is 0 Å². The number of halogens is 1. The molecule has 0 aliphatic carbocycles. The average Bonchev–Trinajstić information content (AvgIpc) is 2.55. The Balaban J connectivity index is 1.73. The quantitative estimate of drug-likeness (QED) is 0.854. The van der Waals surface area contributed by atoms with Crippen LogP contribution in [0.5, 0.6) is 5.75 Å². The van der Waals surface area contributed by atoms with Gasteiger partial charge in [0.2, 0.25) is 0 Å². The Kier molecular flexibility index (Phi) is 3.73. The molecule has 0 spiro atoms. The number of para-hydroxylation sites is 2. The molecule has 23 heavy (non-hydrogen) atoms. The summed E-state index contributed by atoms with van der Waals surface area (Å²) in [5.74, 6) is -1.01. The van der Waals surface area contributed by atoms with Crippen molar-refractivity contribution in [3.8, 4) is 5.75 Å². The molecule has 0 fully saturated rings. The van der Waals surface area contributed by atoms with Gasteiger partial charge in [-0.25, -0.2) is 4.39 Å². The maximum absolute atomic E-state index is 12.9. The van der Waals surface area contributed by atoms with E-state index < -0.39 is 17.4 Å². The number of amides is 2. The van der Waals surface area contributed by atoms with Crippen LogP contribution in [0.15, 0.2) is 48.5 Å². The number of carbonyl (C=O) groups is 2. The summed E-state index contributed by atoms with van der Waals surface area (Å²) in [6.07, 6.45) is 0. The minimum Gasteiger partial charge on any atom is -0.466 e. The Bertz CT molecular complexity index is 761. The molecular weight excluding hydrogens is 299 g/mol. The van der Waals surface area contributed by atoms with Crippen molar-refractivity contribution < 1.29 is 18.7 Å². The SMILES string of the molecule is C[C@@]1(C(=O)NCc2ccc(F)cc2)Oc2ccccc2NC1=O. The van der Waals surface area contributed by atoms with Crippen molar-refractivity contribution in [1.82, 2.24) is 5.32 Å². The summed E-state index contributed by atoms with van der Waals surface area (Å²) in [6, 6.07) is 12.6. The molecule has 2 amide bonds. The third kappa shape index (κ3) is 2.88. The zero-order valence-corrected chi connectivity index (χ0v) is 12.4. The smallest absolute Gasteiger partial charge is 0.278 e. The fraction of sp³-hybridized carbons (Fsp3) is 0.176. The van der Waals surface area contributed by atoms with E-state index in [4.69, 9.17) is 4.74 Å². The number of anilines is 1. The Morgan fingerprint density at radius 3 is 2.65 bits per heavy atom. The van der Waals surface area contributed by atoms with Crippen molar-refractivity contribution >= 4 is 17.5 Å². The van der Waals surface area contributed by atoms with Crippen molar-refractivity contribution in [2.45, 2.75) is 19.1 Å². The van der Waals surface area contributed by atoms with Gasteiger partial charge in [0.1, 0.15) is 11.6 Å². The zero-order chi connectivity index (χ0) is 16.4. The van der Waals surface area contributed by atoms with Crippen LogP contribution in [0.25, 0.3) is 0 Å². The topological polar surface area (TPSA) is 67.4 Å². The molecule has 1 aliphatic rings. The summed E-state index contributed by atoms with van der Waals surface area (Å²) in [4.78, 5) is 24.6. The number of ether oxygens (including phenoxy) is 1. The number of fused-ring (bicyclic) bond motifs is 1. The van der Waals surface area contributed by atoms with Crippen LogP contribution in [-0.4, -0.2) is 17.4 Å². The van der Waals surface area contributed by atoms with Gasteiger partial charge in [-0.1, -0.05) is 24.3 Å². The van der Waals surface area contributed by atoms with Crippen LogP contribution in [0.3, 0.4) is 0 Å². The molecule has 0 bridgehead atoms. The van der Waals surface area contributed by atoms with Gasteiger partial charge in [0.05, 0.1) is 5.69 Å². The van der Waals surface area contributed by atoms with E-state index in [1.54, 1.807) is 36.4 Å². The molecule has 1 atom stereocenters. The molecule has 0 radical (unpaired) electrons. The lowest BCUT2D eigenvalue weighted by Crippen LogP contribution is -2.58. The first kappa shape index (κ1) is 15.0. The highest BCUT2D eigenvalue weighted by Gasteiger charge is 2.47. The highest BCUT2D eigenvalue weighted by atomic mass is 19.1. The second kappa shape index (κ2) is 5.72. The van der Waals surface area contributed by atoms with Crippen molar-refractivity contribution in [2.75, 3.05) is 5.32 Å². The highest BCUT2D eigenvalue weighted by molar-refractivity contribution is 6.15. The minimum atomic E-state index is -1.66. The predicted octanol–water partition coefficient (Wildman–Crippen LogP) is 2.23. The van der Waals surface area contributed by atoms with Crippen LogP contribution in [0.2, 0.25) is 0 Å².